The molecule has 226 valence electrons. The predicted octanol–water partition coefficient (Wildman–Crippen LogP) is 3.16. The zero-order valence-corrected chi connectivity index (χ0v) is 23.7. The van der Waals surface area contributed by atoms with E-state index in [9.17, 15) is 14.4 Å². The van der Waals surface area contributed by atoms with E-state index < -0.39 is 36.4 Å². The zero-order chi connectivity index (χ0) is 30.5. The van der Waals surface area contributed by atoms with Gasteiger partial charge in [-0.3, -0.25) is 14.5 Å². The molecule has 42 heavy (non-hydrogen) atoms. The van der Waals surface area contributed by atoms with Crippen molar-refractivity contribution in [1.29, 1.82) is 0 Å². The van der Waals surface area contributed by atoms with Crippen molar-refractivity contribution < 1.29 is 48.7 Å². The van der Waals surface area contributed by atoms with Gasteiger partial charge in [-0.1, -0.05) is 18.2 Å². The first-order valence-electron chi connectivity index (χ1n) is 13.0. The highest BCUT2D eigenvalue weighted by molar-refractivity contribution is 7.99. The van der Waals surface area contributed by atoms with Crippen LogP contribution in [0.5, 0.6) is 5.75 Å². The van der Waals surface area contributed by atoms with E-state index in [4.69, 9.17) is 34.3 Å². The first-order valence-corrected chi connectivity index (χ1v) is 13.8. The fourth-order valence-corrected chi connectivity index (χ4v) is 4.89. The van der Waals surface area contributed by atoms with Gasteiger partial charge in [0, 0.05) is 37.7 Å². The molecule has 1 aliphatic rings. The summed E-state index contributed by atoms with van der Waals surface area (Å²) in [5.74, 6) is -3.20. The lowest BCUT2D eigenvalue weighted by Crippen LogP contribution is -2.42. The smallest absolute Gasteiger partial charge is 0.336 e. The number of benzene rings is 1. The van der Waals surface area contributed by atoms with Crippen molar-refractivity contribution in [3.05, 3.63) is 66.2 Å². The molecule has 3 heterocycles. The lowest BCUT2D eigenvalue weighted by atomic mass is 9.96. The molecule has 1 unspecified atom stereocenters. The van der Waals surface area contributed by atoms with Crippen LogP contribution < -0.4 is 4.74 Å². The summed E-state index contributed by atoms with van der Waals surface area (Å²) >= 11 is 1.43. The van der Waals surface area contributed by atoms with Crippen molar-refractivity contribution in [3.63, 3.8) is 0 Å². The summed E-state index contributed by atoms with van der Waals surface area (Å²) in [5, 5.41) is 35.3. The fourth-order valence-electron chi connectivity index (χ4n) is 4.20. The number of carboxylic acid groups (broad SMARTS) is 3. The Morgan fingerprint density at radius 2 is 1.71 bits per heavy atom. The third-order valence-electron chi connectivity index (χ3n) is 6.11. The number of ether oxygens (including phenoxy) is 2. The number of carboxylic acids is 3. The molecule has 0 bridgehead atoms. The minimum atomic E-state index is -2.74. The molecule has 4 N–H and O–H groups in total. The molecule has 1 atom stereocenters. The second kappa shape index (κ2) is 15.9. The second-order valence-corrected chi connectivity index (χ2v) is 10.4. The van der Waals surface area contributed by atoms with Crippen LogP contribution in [0.1, 0.15) is 37.0 Å². The topological polar surface area (TPSA) is 193 Å². The van der Waals surface area contributed by atoms with Gasteiger partial charge >= 0.3 is 17.9 Å². The zero-order valence-electron chi connectivity index (χ0n) is 22.9. The first-order chi connectivity index (χ1) is 20.1. The average molecular weight is 604 g/mol. The van der Waals surface area contributed by atoms with Crippen molar-refractivity contribution in [2.24, 2.45) is 0 Å². The molecule has 0 amide bonds. The monoisotopic (exact) mass is 603 g/mol. The van der Waals surface area contributed by atoms with E-state index in [1.807, 2.05) is 30.3 Å². The Morgan fingerprint density at radius 3 is 2.31 bits per heavy atom. The van der Waals surface area contributed by atoms with E-state index >= 15 is 0 Å². The average Bonchev–Trinajstić information content (AvgIpc) is 3.61. The summed E-state index contributed by atoms with van der Waals surface area (Å²) in [6.07, 6.45) is 3.68. The maximum atomic E-state index is 10.3. The molecule has 1 aliphatic heterocycles. The maximum Gasteiger partial charge on any atom is 0.336 e. The molecule has 4 rings (SSSR count). The Balaban J connectivity index is 0.000000316. The molecule has 1 saturated heterocycles. The fraction of sp³-hybridized carbons (Fsp3) is 0.393. The van der Waals surface area contributed by atoms with Crippen molar-refractivity contribution >= 4 is 29.7 Å². The number of hydrogen-bond acceptors (Lipinski definition) is 11. The molecular weight excluding hydrogens is 570 g/mol. The molecule has 0 radical (unpaired) electrons. The lowest BCUT2D eigenvalue weighted by molar-refractivity contribution is -0.170. The summed E-state index contributed by atoms with van der Waals surface area (Å²) in [6, 6.07) is 14.0. The predicted molar refractivity (Wildman–Crippen MR) is 148 cm³/mol. The van der Waals surface area contributed by atoms with Gasteiger partial charge in [-0.25, -0.2) is 14.8 Å². The number of nitrogens with zero attached hydrogens (tertiary/aromatic N) is 3. The van der Waals surface area contributed by atoms with E-state index in [0.29, 0.717) is 11.7 Å². The third-order valence-corrected chi connectivity index (χ3v) is 6.92. The minimum absolute atomic E-state index is 0.270. The van der Waals surface area contributed by atoms with Gasteiger partial charge in [0.2, 0.25) is 0 Å². The van der Waals surface area contributed by atoms with Gasteiger partial charge in [0.1, 0.15) is 11.5 Å². The number of aromatic nitrogens is 2. The maximum absolute atomic E-state index is 10.3. The van der Waals surface area contributed by atoms with Gasteiger partial charge in [-0.2, -0.15) is 0 Å². The summed E-state index contributed by atoms with van der Waals surface area (Å²) in [5.41, 5.74) is -1.58. The Kier molecular flexibility index (Phi) is 12.3. The largest absolute Gasteiger partial charge is 0.496 e. The number of aliphatic hydroxyl groups is 1. The number of furan rings is 1. The van der Waals surface area contributed by atoms with E-state index in [1.54, 1.807) is 25.6 Å². The van der Waals surface area contributed by atoms with Crippen LogP contribution in [0.2, 0.25) is 0 Å². The van der Waals surface area contributed by atoms with Crippen LogP contribution in [-0.2, 0) is 32.2 Å². The quantitative estimate of drug-likeness (QED) is 0.196. The van der Waals surface area contributed by atoms with E-state index in [0.717, 1.165) is 54.7 Å². The van der Waals surface area contributed by atoms with Gasteiger partial charge in [0.25, 0.3) is 0 Å². The number of methoxy groups -OCH3 is 1. The molecule has 0 saturated carbocycles. The molecule has 14 heteroatoms. The molecule has 1 fully saturated rings. The molecule has 0 aliphatic carbocycles. The second-order valence-electron chi connectivity index (χ2n) is 9.45. The highest BCUT2D eigenvalue weighted by Gasteiger charge is 2.40. The molecule has 3 aromatic rings. The Morgan fingerprint density at radius 1 is 1.02 bits per heavy atom. The van der Waals surface area contributed by atoms with Crippen LogP contribution in [0.15, 0.2) is 69.5 Å². The van der Waals surface area contributed by atoms with E-state index in [1.165, 1.54) is 11.8 Å². The van der Waals surface area contributed by atoms with Gasteiger partial charge in [0.05, 0.1) is 32.6 Å². The Hall–Kier alpha value is -3.98. The Labute approximate surface area is 246 Å². The van der Waals surface area contributed by atoms with Crippen LogP contribution >= 0.6 is 11.8 Å². The first kappa shape index (κ1) is 32.5. The number of carbonyl (C=O) groups is 3. The van der Waals surface area contributed by atoms with Crippen molar-refractivity contribution in [1.82, 2.24) is 14.9 Å². The molecule has 13 nitrogen and oxygen atoms in total. The standard InChI is InChI=1S/C22H25N3O3S.C6H8O7/c1-26-20-8-3-2-6-17(20)14-25(15-18-7-4-13-27-18)16-19-9-10-21(28-19)29-22-23-11-5-12-24-22;7-3(8)1-6(13,5(11)12)2-4(9)10/h2-3,5-6,8-12,18H,4,7,13-16H2,1H3;13H,1-2H2,(H,7,8)(H,9,10)(H,11,12). The van der Waals surface area contributed by atoms with Crippen LogP contribution in [0, 0.1) is 0 Å². The van der Waals surface area contributed by atoms with Crippen LogP contribution in [0.25, 0.3) is 0 Å². The number of aliphatic carboxylic acids is 3. The molecular formula is C28H33N3O10S. The normalized spacial score (nSPS) is 14.7. The minimum Gasteiger partial charge on any atom is -0.496 e. The van der Waals surface area contributed by atoms with Gasteiger partial charge in [-0.15, -0.1) is 0 Å². The molecule has 2 aromatic heterocycles. The van der Waals surface area contributed by atoms with E-state index in [2.05, 4.69) is 20.9 Å². The summed E-state index contributed by atoms with van der Waals surface area (Å²) in [7, 11) is 1.71. The summed E-state index contributed by atoms with van der Waals surface area (Å²) in [4.78, 5) is 41.3. The Bertz CT molecular complexity index is 1300. The lowest BCUT2D eigenvalue weighted by Gasteiger charge is -2.25. The van der Waals surface area contributed by atoms with Crippen LogP contribution in [0.3, 0.4) is 0 Å². The highest BCUT2D eigenvalue weighted by Crippen LogP contribution is 2.28. The van der Waals surface area contributed by atoms with Gasteiger partial charge < -0.3 is 34.3 Å². The number of para-hydroxylation sites is 1. The third kappa shape index (κ3) is 10.4. The van der Waals surface area contributed by atoms with Crippen LogP contribution in [0.4, 0.5) is 0 Å². The van der Waals surface area contributed by atoms with Crippen molar-refractivity contribution in [2.75, 3.05) is 20.3 Å². The summed E-state index contributed by atoms with van der Waals surface area (Å²) < 4.78 is 17.5. The van der Waals surface area contributed by atoms with Gasteiger partial charge in [0.15, 0.2) is 15.8 Å². The summed E-state index contributed by atoms with van der Waals surface area (Å²) in [6.45, 7) is 3.19. The SMILES string of the molecule is COc1ccccc1CN(Cc1ccc(Sc2ncccn2)o1)CC1CCCO1.O=C(O)CC(O)(CC(=O)O)C(=O)O. The van der Waals surface area contributed by atoms with Crippen LogP contribution in [-0.4, -0.2) is 85.2 Å². The number of rotatable bonds is 14. The molecule has 1 aromatic carbocycles. The highest BCUT2D eigenvalue weighted by atomic mass is 32.2. The molecule has 0 spiro atoms. The number of hydrogen-bond donors (Lipinski definition) is 4. The van der Waals surface area contributed by atoms with Crippen molar-refractivity contribution in [3.8, 4) is 5.75 Å². The van der Waals surface area contributed by atoms with Crippen molar-refractivity contribution in [2.45, 2.75) is 60.7 Å². The van der Waals surface area contributed by atoms with Gasteiger partial charge in [-0.05, 0) is 48.9 Å². The van der Waals surface area contributed by atoms with E-state index in [-0.39, 0.29) is 6.10 Å².